The van der Waals surface area contributed by atoms with Crippen LogP contribution in [0.2, 0.25) is 0 Å². The molecule has 10 nitrogen and oxygen atoms in total. The summed E-state index contributed by atoms with van der Waals surface area (Å²) in [5.74, 6) is 1.38. The van der Waals surface area contributed by atoms with E-state index in [1.807, 2.05) is 39.1 Å². The van der Waals surface area contributed by atoms with Gasteiger partial charge in [0, 0.05) is 37.2 Å². The predicted octanol–water partition coefficient (Wildman–Crippen LogP) is 1.56. The van der Waals surface area contributed by atoms with Crippen LogP contribution in [0.5, 0.6) is 0 Å². The molecule has 0 spiro atoms. The molecule has 1 saturated heterocycles. The number of aliphatic hydroxyl groups excluding tert-OH is 1. The van der Waals surface area contributed by atoms with E-state index in [4.69, 9.17) is 11.6 Å². The third-order valence-electron chi connectivity index (χ3n) is 7.08. The van der Waals surface area contributed by atoms with Crippen LogP contribution in [0.1, 0.15) is 58.4 Å². The summed E-state index contributed by atoms with van der Waals surface area (Å²) in [5.41, 5.74) is 9.59. The zero-order valence-corrected chi connectivity index (χ0v) is 22.0. The number of nitriles is 1. The number of carbonyl (C=O) groups is 2. The Morgan fingerprint density at radius 3 is 2.39 bits per heavy atom. The Morgan fingerprint density at radius 2 is 1.87 bits per heavy atom. The van der Waals surface area contributed by atoms with Gasteiger partial charge in [0.2, 0.25) is 11.8 Å². The van der Waals surface area contributed by atoms with Gasteiger partial charge < -0.3 is 21.6 Å². The highest BCUT2D eigenvalue weighted by Crippen LogP contribution is 2.34. The standard InChI is InChI=1S/C26H37F2N7O3/c1-25(2,3)16-4-6-18(7-5-16)35(24(38)21-12-19(36)14-34(21)15-29)22(20(30)13-32-31)23(37)33-17-8-10-26(27,28)11-9-17/h4-7,13,17,19,21-22,32,36H,8-12,14,30-31H2,1-3H3,(H,33,37)/b20-13-. The van der Waals surface area contributed by atoms with Crippen LogP contribution in [0.3, 0.4) is 0 Å². The van der Waals surface area contributed by atoms with Gasteiger partial charge in [-0.25, -0.2) is 8.78 Å². The first-order valence-electron chi connectivity index (χ1n) is 12.7. The molecule has 1 heterocycles. The van der Waals surface area contributed by atoms with E-state index in [1.54, 1.807) is 12.1 Å². The lowest BCUT2D eigenvalue weighted by molar-refractivity contribution is -0.128. The van der Waals surface area contributed by atoms with E-state index in [0.29, 0.717) is 5.69 Å². The normalized spacial score (nSPS) is 22.9. The molecule has 3 unspecified atom stereocenters. The van der Waals surface area contributed by atoms with Gasteiger partial charge in [0.15, 0.2) is 12.2 Å². The number of anilines is 1. The minimum atomic E-state index is -2.77. The van der Waals surface area contributed by atoms with E-state index in [0.717, 1.165) is 5.56 Å². The van der Waals surface area contributed by atoms with Crippen molar-refractivity contribution in [3.8, 4) is 6.19 Å². The molecule has 0 radical (unpaired) electrons. The van der Waals surface area contributed by atoms with Gasteiger partial charge in [-0.2, -0.15) is 5.26 Å². The summed E-state index contributed by atoms with van der Waals surface area (Å²) < 4.78 is 27.4. The average Bonchev–Trinajstić information content (AvgIpc) is 3.23. The second-order valence-corrected chi connectivity index (χ2v) is 11.0. The minimum absolute atomic E-state index is 0.00618. The molecule has 2 aliphatic rings. The number of halogens is 2. The van der Waals surface area contributed by atoms with Gasteiger partial charge in [0.05, 0.1) is 18.3 Å². The lowest BCUT2D eigenvalue weighted by Gasteiger charge is -2.36. The molecule has 3 rings (SSSR count). The van der Waals surface area contributed by atoms with E-state index in [-0.39, 0.29) is 49.8 Å². The summed E-state index contributed by atoms with van der Waals surface area (Å²) in [6.07, 6.45) is 1.65. The topological polar surface area (TPSA) is 161 Å². The molecular formula is C26H37F2N7O3. The molecule has 38 heavy (non-hydrogen) atoms. The number of hydrogen-bond donors (Lipinski definition) is 5. The van der Waals surface area contributed by atoms with Crippen LogP contribution in [-0.4, -0.2) is 58.5 Å². The van der Waals surface area contributed by atoms with Crippen LogP contribution in [0.25, 0.3) is 0 Å². The molecule has 1 aliphatic heterocycles. The van der Waals surface area contributed by atoms with Crippen molar-refractivity contribution in [2.24, 2.45) is 11.6 Å². The maximum absolute atomic E-state index is 14.0. The first-order valence-corrected chi connectivity index (χ1v) is 12.7. The van der Waals surface area contributed by atoms with Crippen LogP contribution >= 0.6 is 0 Å². The Hall–Kier alpha value is -3.43. The molecular weight excluding hydrogens is 496 g/mol. The van der Waals surface area contributed by atoms with Crippen LogP contribution in [-0.2, 0) is 15.0 Å². The summed E-state index contributed by atoms with van der Waals surface area (Å²) in [5, 5.41) is 22.5. The van der Waals surface area contributed by atoms with E-state index in [2.05, 4.69) is 10.7 Å². The lowest BCUT2D eigenvalue weighted by Crippen LogP contribution is -2.58. The van der Waals surface area contributed by atoms with Gasteiger partial charge >= 0.3 is 0 Å². The fourth-order valence-electron chi connectivity index (χ4n) is 4.90. The number of β-amino-alcohol motifs (C(OH)–C–C–N with tert-alkyl or cyclic N) is 1. The number of hydrazine groups is 1. The van der Waals surface area contributed by atoms with Crippen molar-refractivity contribution in [3.63, 3.8) is 0 Å². The van der Waals surface area contributed by atoms with Crippen molar-refractivity contribution >= 4 is 17.5 Å². The molecule has 208 valence electrons. The zero-order valence-electron chi connectivity index (χ0n) is 22.0. The number of carbonyl (C=O) groups excluding carboxylic acids is 2. The van der Waals surface area contributed by atoms with Gasteiger partial charge in [-0.05, 0) is 36.0 Å². The lowest BCUT2D eigenvalue weighted by atomic mass is 9.87. The number of likely N-dealkylation sites (tertiary alicyclic amines) is 1. The van der Waals surface area contributed by atoms with Crippen molar-refractivity contribution in [3.05, 3.63) is 41.7 Å². The van der Waals surface area contributed by atoms with Gasteiger partial charge in [0.1, 0.15) is 6.04 Å². The highest BCUT2D eigenvalue weighted by atomic mass is 19.3. The van der Waals surface area contributed by atoms with Crippen molar-refractivity contribution in [2.75, 3.05) is 11.4 Å². The average molecular weight is 534 g/mol. The Balaban J connectivity index is 2.04. The molecule has 0 bridgehead atoms. The van der Waals surface area contributed by atoms with Crippen molar-refractivity contribution < 1.29 is 23.5 Å². The number of nitrogens with zero attached hydrogens (tertiary/aromatic N) is 3. The second-order valence-electron chi connectivity index (χ2n) is 11.0. The molecule has 1 aromatic carbocycles. The molecule has 1 saturated carbocycles. The SMILES string of the molecule is CC(C)(C)c1ccc(N(C(=O)C2CC(O)CN2C#N)C(C(=O)NC2CCC(F)(F)CC2)/C(N)=C/NN)cc1. The number of nitrogens with one attached hydrogen (secondary N) is 2. The van der Waals surface area contributed by atoms with E-state index >= 15 is 0 Å². The molecule has 12 heteroatoms. The van der Waals surface area contributed by atoms with Crippen LogP contribution in [0.15, 0.2) is 36.2 Å². The molecule has 3 atom stereocenters. The number of nitrogens with two attached hydrogens (primary N) is 2. The third-order valence-corrected chi connectivity index (χ3v) is 7.08. The van der Waals surface area contributed by atoms with E-state index < -0.39 is 42.0 Å². The fourth-order valence-corrected chi connectivity index (χ4v) is 4.90. The number of aliphatic hydroxyl groups is 1. The summed E-state index contributed by atoms with van der Waals surface area (Å²) in [4.78, 5) is 30.0. The highest BCUT2D eigenvalue weighted by molar-refractivity contribution is 6.05. The zero-order chi connectivity index (χ0) is 28.3. The monoisotopic (exact) mass is 533 g/mol. The fraction of sp³-hybridized carbons (Fsp3) is 0.577. The first kappa shape index (κ1) is 29.1. The Morgan fingerprint density at radius 1 is 1.26 bits per heavy atom. The maximum atomic E-state index is 14.0. The molecule has 7 N–H and O–H groups in total. The molecule has 1 aliphatic carbocycles. The van der Waals surface area contributed by atoms with Crippen molar-refractivity contribution in [1.82, 2.24) is 15.6 Å². The predicted molar refractivity (Wildman–Crippen MR) is 138 cm³/mol. The molecule has 0 aromatic heterocycles. The van der Waals surface area contributed by atoms with Crippen molar-refractivity contribution in [2.45, 2.75) is 88.4 Å². The number of alkyl halides is 2. The third kappa shape index (κ3) is 6.71. The number of rotatable bonds is 7. The van der Waals surface area contributed by atoms with Gasteiger partial charge in [-0.15, -0.1) is 0 Å². The summed E-state index contributed by atoms with van der Waals surface area (Å²) >= 11 is 0. The van der Waals surface area contributed by atoms with Gasteiger partial charge in [0.25, 0.3) is 5.91 Å². The largest absolute Gasteiger partial charge is 0.399 e. The number of hydrogen-bond acceptors (Lipinski definition) is 8. The summed E-state index contributed by atoms with van der Waals surface area (Å²) in [6.45, 7) is 6.08. The second kappa shape index (κ2) is 11.5. The van der Waals surface area contributed by atoms with E-state index in [1.165, 1.54) is 16.0 Å². The first-order chi connectivity index (χ1) is 17.8. The van der Waals surface area contributed by atoms with Crippen LogP contribution < -0.4 is 27.2 Å². The Bertz CT molecular complexity index is 1070. The summed E-state index contributed by atoms with van der Waals surface area (Å²) in [6, 6.07) is 4.09. The minimum Gasteiger partial charge on any atom is -0.399 e. The van der Waals surface area contributed by atoms with Gasteiger partial charge in [-0.3, -0.25) is 25.2 Å². The maximum Gasteiger partial charge on any atom is 0.251 e. The molecule has 2 amide bonds. The Labute approximate surface area is 221 Å². The summed E-state index contributed by atoms with van der Waals surface area (Å²) in [7, 11) is 0. The highest BCUT2D eigenvalue weighted by Gasteiger charge is 2.44. The molecule has 1 aromatic rings. The molecule has 2 fully saturated rings. The van der Waals surface area contributed by atoms with Gasteiger partial charge in [-0.1, -0.05) is 32.9 Å². The van der Waals surface area contributed by atoms with E-state index in [9.17, 15) is 28.7 Å². The number of benzene rings is 1. The van der Waals surface area contributed by atoms with Crippen LogP contribution in [0.4, 0.5) is 14.5 Å². The quantitative estimate of drug-likeness (QED) is 0.200. The van der Waals surface area contributed by atoms with Crippen molar-refractivity contribution in [1.29, 1.82) is 5.26 Å². The number of amides is 2. The smallest absolute Gasteiger partial charge is 0.251 e. The van der Waals surface area contributed by atoms with Crippen LogP contribution in [0, 0.1) is 11.5 Å². The Kier molecular flexibility index (Phi) is 8.84.